The maximum Gasteiger partial charge on any atom is 0.407 e. The number of nitrogens with one attached hydrogen (secondary N) is 1. The number of carbonyl (C=O) groups is 3. The van der Waals surface area contributed by atoms with Crippen LogP contribution in [-0.2, 0) is 22.6 Å². The molecule has 0 aromatic heterocycles. The monoisotopic (exact) mass is 500 g/mol. The van der Waals surface area contributed by atoms with Crippen molar-refractivity contribution in [1.29, 1.82) is 5.26 Å². The summed E-state index contributed by atoms with van der Waals surface area (Å²) in [7, 11) is 2.87. The molecular formula is C28H28N4O5. The van der Waals surface area contributed by atoms with Crippen molar-refractivity contribution in [3.05, 3.63) is 71.3 Å². The van der Waals surface area contributed by atoms with Crippen LogP contribution in [0.15, 0.2) is 54.6 Å². The van der Waals surface area contributed by atoms with Gasteiger partial charge in [-0.25, -0.2) is 4.79 Å². The second kappa shape index (κ2) is 10.6. The van der Waals surface area contributed by atoms with E-state index < -0.39 is 24.1 Å². The molecule has 2 atom stereocenters. The van der Waals surface area contributed by atoms with Crippen LogP contribution in [0.1, 0.15) is 30.0 Å². The van der Waals surface area contributed by atoms with Crippen molar-refractivity contribution in [1.82, 2.24) is 10.2 Å². The summed E-state index contributed by atoms with van der Waals surface area (Å²) < 4.78 is 5.64. The van der Waals surface area contributed by atoms with E-state index in [9.17, 15) is 24.8 Å². The smallest absolute Gasteiger partial charge is 0.407 e. The second-order valence-corrected chi connectivity index (χ2v) is 8.98. The average Bonchev–Trinajstić information content (AvgIpc) is 3.04. The van der Waals surface area contributed by atoms with Gasteiger partial charge in [-0.05, 0) is 55.0 Å². The molecule has 4 rings (SSSR count). The molecule has 0 spiro atoms. The first-order valence-electron chi connectivity index (χ1n) is 11.9. The Kier molecular flexibility index (Phi) is 7.30. The number of carboxylic acid groups (broad SMARTS) is 1. The number of hydrogen-bond donors (Lipinski definition) is 2. The number of likely N-dealkylation sites (N-methyl/N-ethyl adjacent to an activating group) is 1. The van der Waals surface area contributed by atoms with Gasteiger partial charge in [-0.15, -0.1) is 0 Å². The highest BCUT2D eigenvalue weighted by Gasteiger charge is 2.34. The molecule has 1 aliphatic heterocycles. The lowest BCUT2D eigenvalue weighted by atomic mass is 9.99. The van der Waals surface area contributed by atoms with Crippen LogP contribution in [0.4, 0.5) is 10.5 Å². The zero-order chi connectivity index (χ0) is 26.7. The van der Waals surface area contributed by atoms with Crippen LogP contribution in [0.5, 0.6) is 5.75 Å². The Morgan fingerprint density at radius 2 is 1.95 bits per heavy atom. The molecule has 1 aliphatic rings. The Bertz CT molecular complexity index is 1410. The number of benzene rings is 3. The molecule has 0 unspecified atom stereocenters. The van der Waals surface area contributed by atoms with Crippen LogP contribution >= 0.6 is 0 Å². The van der Waals surface area contributed by atoms with Crippen LogP contribution in [0.2, 0.25) is 0 Å². The van der Waals surface area contributed by atoms with Crippen molar-refractivity contribution in [3.63, 3.8) is 0 Å². The minimum atomic E-state index is -1.23. The molecule has 190 valence electrons. The van der Waals surface area contributed by atoms with Gasteiger partial charge in [0, 0.05) is 23.7 Å². The fourth-order valence-electron chi connectivity index (χ4n) is 4.66. The van der Waals surface area contributed by atoms with E-state index in [0.717, 1.165) is 32.5 Å². The largest absolute Gasteiger partial charge is 0.496 e. The Hall–Kier alpha value is -4.58. The molecule has 0 saturated heterocycles. The Morgan fingerprint density at radius 3 is 2.65 bits per heavy atom. The molecule has 0 radical (unpaired) electrons. The first-order valence-corrected chi connectivity index (χ1v) is 11.9. The number of ether oxygens (including phenoxy) is 1. The van der Waals surface area contributed by atoms with Crippen molar-refractivity contribution < 1.29 is 24.2 Å². The zero-order valence-electron chi connectivity index (χ0n) is 20.9. The van der Waals surface area contributed by atoms with Gasteiger partial charge < -0.3 is 20.1 Å². The third kappa shape index (κ3) is 4.91. The van der Waals surface area contributed by atoms with E-state index in [-0.39, 0.29) is 12.5 Å². The van der Waals surface area contributed by atoms with Crippen molar-refractivity contribution in [2.24, 2.45) is 0 Å². The highest BCUT2D eigenvalue weighted by atomic mass is 16.5. The number of nitrogens with zero attached hydrogens (tertiary/aromatic N) is 3. The van der Waals surface area contributed by atoms with E-state index in [4.69, 9.17) is 4.74 Å². The van der Waals surface area contributed by atoms with E-state index in [1.54, 1.807) is 30.2 Å². The van der Waals surface area contributed by atoms with Gasteiger partial charge in [-0.2, -0.15) is 5.26 Å². The highest BCUT2D eigenvalue weighted by molar-refractivity contribution is 6.02. The topological polar surface area (TPSA) is 123 Å². The minimum Gasteiger partial charge on any atom is -0.496 e. The van der Waals surface area contributed by atoms with Gasteiger partial charge in [0.2, 0.25) is 11.8 Å². The number of nitriles is 1. The number of rotatable bonds is 6. The Labute approximate surface area is 214 Å². The maximum absolute atomic E-state index is 13.9. The van der Waals surface area contributed by atoms with Gasteiger partial charge in [0.15, 0.2) is 0 Å². The fourth-order valence-corrected chi connectivity index (χ4v) is 4.66. The standard InChI is InChI=1S/C28H28N4O5/c1-17(31(2)28(35)36)26(33)30-23-13-11-18-7-4-5-10-24(18)32(27(23)34)16-22-21-9-6-8-19(15-29)20(21)12-14-25(22)37-3/h4-10,12,14,17,23H,11,13,16H2,1-3H3,(H,30,33)(H,35,36)/t17-,23-/m0/s1. The molecule has 0 fully saturated rings. The number of aryl methyl sites for hydroxylation is 1. The number of para-hydroxylation sites is 1. The SMILES string of the molecule is COc1ccc2c(C#N)cccc2c1CN1C(=O)[C@@H](NC(=O)[C@H](C)N(C)C(=O)O)CCc2ccccc21. The molecule has 0 saturated carbocycles. The van der Waals surface area contributed by atoms with Crippen LogP contribution in [-0.4, -0.2) is 54.2 Å². The molecule has 3 aromatic carbocycles. The second-order valence-electron chi connectivity index (χ2n) is 8.98. The summed E-state index contributed by atoms with van der Waals surface area (Å²) in [6, 6.07) is 17.0. The number of anilines is 1. The van der Waals surface area contributed by atoms with Crippen molar-refractivity contribution >= 4 is 34.4 Å². The molecule has 2 N–H and O–H groups in total. The molecule has 0 bridgehead atoms. The molecule has 3 aromatic rings. The lowest BCUT2D eigenvalue weighted by molar-refractivity contribution is -0.130. The quantitative estimate of drug-likeness (QED) is 0.532. The summed E-state index contributed by atoms with van der Waals surface area (Å²) in [5.74, 6) is -0.274. The van der Waals surface area contributed by atoms with Gasteiger partial charge in [0.1, 0.15) is 17.8 Å². The van der Waals surface area contributed by atoms with Crippen molar-refractivity contribution in [2.45, 2.75) is 38.4 Å². The van der Waals surface area contributed by atoms with Crippen LogP contribution < -0.4 is 15.0 Å². The van der Waals surface area contributed by atoms with E-state index in [0.29, 0.717) is 24.2 Å². The normalized spacial score (nSPS) is 15.8. The molecule has 37 heavy (non-hydrogen) atoms. The Balaban J connectivity index is 1.75. The van der Waals surface area contributed by atoms with E-state index >= 15 is 0 Å². The zero-order valence-corrected chi connectivity index (χ0v) is 20.9. The van der Waals surface area contributed by atoms with Gasteiger partial charge >= 0.3 is 6.09 Å². The lowest BCUT2D eigenvalue weighted by Gasteiger charge is -2.29. The third-order valence-corrected chi connectivity index (χ3v) is 6.91. The predicted molar refractivity (Wildman–Crippen MR) is 138 cm³/mol. The van der Waals surface area contributed by atoms with E-state index in [1.807, 2.05) is 36.4 Å². The molecule has 9 heteroatoms. The van der Waals surface area contributed by atoms with Gasteiger partial charge in [0.25, 0.3) is 0 Å². The highest BCUT2D eigenvalue weighted by Crippen LogP contribution is 2.35. The predicted octanol–water partition coefficient (Wildman–Crippen LogP) is 3.68. The molecular weight excluding hydrogens is 472 g/mol. The van der Waals surface area contributed by atoms with E-state index in [2.05, 4.69) is 11.4 Å². The first-order chi connectivity index (χ1) is 17.8. The maximum atomic E-state index is 13.9. The summed E-state index contributed by atoms with van der Waals surface area (Å²) in [6.07, 6.45) is -0.311. The summed E-state index contributed by atoms with van der Waals surface area (Å²) in [5, 5.41) is 23.2. The van der Waals surface area contributed by atoms with E-state index in [1.165, 1.54) is 14.0 Å². The van der Waals surface area contributed by atoms with Crippen LogP contribution in [0, 0.1) is 11.3 Å². The van der Waals surface area contributed by atoms with Crippen molar-refractivity contribution in [3.8, 4) is 11.8 Å². The number of carbonyl (C=O) groups excluding carboxylic acids is 2. The summed E-state index contributed by atoms with van der Waals surface area (Å²) in [5.41, 5.74) is 2.95. The molecule has 9 nitrogen and oxygen atoms in total. The molecule has 1 heterocycles. The minimum absolute atomic E-state index is 0.155. The fraction of sp³-hybridized carbons (Fsp3) is 0.286. The van der Waals surface area contributed by atoms with Crippen LogP contribution in [0.3, 0.4) is 0 Å². The Morgan fingerprint density at radius 1 is 1.19 bits per heavy atom. The third-order valence-electron chi connectivity index (χ3n) is 6.91. The van der Waals surface area contributed by atoms with Crippen LogP contribution in [0.25, 0.3) is 10.8 Å². The number of amides is 3. The van der Waals surface area contributed by atoms with Gasteiger partial charge in [-0.1, -0.05) is 30.3 Å². The lowest BCUT2D eigenvalue weighted by Crippen LogP contribution is -2.53. The number of hydrogen-bond acceptors (Lipinski definition) is 5. The summed E-state index contributed by atoms with van der Waals surface area (Å²) in [4.78, 5) is 40.6. The summed E-state index contributed by atoms with van der Waals surface area (Å²) in [6.45, 7) is 1.63. The molecule has 3 amide bonds. The average molecular weight is 501 g/mol. The van der Waals surface area contributed by atoms with Gasteiger partial charge in [0.05, 0.1) is 25.3 Å². The summed E-state index contributed by atoms with van der Waals surface area (Å²) >= 11 is 0. The number of fused-ring (bicyclic) bond motifs is 2. The first kappa shape index (κ1) is 25.5. The number of methoxy groups -OCH3 is 1. The van der Waals surface area contributed by atoms with Crippen molar-refractivity contribution in [2.75, 3.05) is 19.1 Å². The van der Waals surface area contributed by atoms with Gasteiger partial charge in [-0.3, -0.25) is 14.5 Å². The molecule has 0 aliphatic carbocycles.